The van der Waals surface area contributed by atoms with Crippen LogP contribution in [0.15, 0.2) is 191 Å². The van der Waals surface area contributed by atoms with Gasteiger partial charge in [0.25, 0.3) is 0 Å². The van der Waals surface area contributed by atoms with Gasteiger partial charge in [0.2, 0.25) is 0 Å². The summed E-state index contributed by atoms with van der Waals surface area (Å²) in [6.45, 7) is 0. The first-order valence-electron chi connectivity index (χ1n) is 20.5. The van der Waals surface area contributed by atoms with Crippen molar-refractivity contribution in [3.8, 4) is 45.8 Å². The molecule has 13 aromatic rings. The van der Waals surface area contributed by atoms with Crippen LogP contribution < -0.4 is 0 Å². The summed E-state index contributed by atoms with van der Waals surface area (Å²) in [5, 5.41) is 29.0. The molecular weight excluding hydrogens is 761 g/mol. The molecule has 0 saturated heterocycles. The number of hydrogen-bond donors (Lipinski definition) is 0. The molecule has 9 aromatic carbocycles. The largest absolute Gasteiger partial charge is 0.455 e. The van der Waals surface area contributed by atoms with Crippen LogP contribution in [0.4, 0.5) is 0 Å². The Morgan fingerprint density at radius 3 is 1.35 bits per heavy atom. The van der Waals surface area contributed by atoms with Crippen LogP contribution in [0.5, 0.6) is 0 Å². The molecule has 6 heteroatoms. The average molecular weight is 791 g/mol. The SMILES string of the molecule is N#Cc1cccc(C#N)c1-c1cccc(-c2cc(-n3c4ccccc4c4c5oc6ccccc6c5ccc43)cc(-n3c4ccccc4c4c5oc6ccccc6c5ccc43)c2)c1. The first-order chi connectivity index (χ1) is 30.7. The van der Waals surface area contributed by atoms with Gasteiger partial charge < -0.3 is 18.0 Å². The summed E-state index contributed by atoms with van der Waals surface area (Å²) >= 11 is 0. The average Bonchev–Trinajstić information content (AvgIpc) is 4.08. The molecule has 0 bridgehead atoms. The molecule has 0 atom stereocenters. The van der Waals surface area contributed by atoms with E-state index in [1.807, 2.05) is 36.4 Å². The summed E-state index contributed by atoms with van der Waals surface area (Å²) < 4.78 is 18.0. The normalized spacial score (nSPS) is 11.8. The third-order valence-electron chi connectivity index (χ3n) is 12.6. The molecule has 0 aliphatic rings. The van der Waals surface area contributed by atoms with E-state index in [1.165, 1.54) is 0 Å². The van der Waals surface area contributed by atoms with E-state index in [0.29, 0.717) is 16.7 Å². The molecule has 0 amide bonds. The standard InChI is InChI=1S/C56H30N4O2/c57-31-35-13-10-14-36(32-58)52(35)34-12-9-11-33(27-34)37-28-38(59-46-19-5-1-17-44(46)53-48(59)25-23-42-40-15-3-7-21-50(40)61-55(42)53)30-39(29-37)60-47-20-6-2-18-45(47)54-49(60)26-24-43-41-16-4-8-22-51(41)62-56(43)54/h1-30H. The van der Waals surface area contributed by atoms with Crippen LogP contribution in [0, 0.1) is 22.7 Å². The number of benzene rings is 9. The van der Waals surface area contributed by atoms with Crippen molar-refractivity contribution in [1.29, 1.82) is 10.5 Å². The lowest BCUT2D eigenvalue weighted by Gasteiger charge is -2.16. The molecule has 0 aliphatic carbocycles. The van der Waals surface area contributed by atoms with Crippen molar-refractivity contribution < 1.29 is 8.83 Å². The van der Waals surface area contributed by atoms with Gasteiger partial charge in [-0.15, -0.1) is 0 Å². The number of furan rings is 2. The fourth-order valence-electron chi connectivity index (χ4n) is 9.95. The predicted octanol–water partition coefficient (Wildman–Crippen LogP) is 14.8. The highest BCUT2D eigenvalue weighted by atomic mass is 16.3. The van der Waals surface area contributed by atoms with E-state index < -0.39 is 0 Å². The molecule has 4 aromatic heterocycles. The van der Waals surface area contributed by atoms with E-state index in [4.69, 9.17) is 8.83 Å². The molecule has 6 nitrogen and oxygen atoms in total. The van der Waals surface area contributed by atoms with Crippen LogP contribution in [0.25, 0.3) is 121 Å². The second-order valence-corrected chi connectivity index (χ2v) is 15.8. The minimum atomic E-state index is 0.458. The fraction of sp³-hybridized carbons (Fsp3) is 0. The molecule has 0 saturated carbocycles. The number of nitrogens with zero attached hydrogens (tertiary/aromatic N) is 4. The second kappa shape index (κ2) is 12.8. The molecule has 13 rings (SSSR count). The van der Waals surface area contributed by atoms with Crippen LogP contribution in [-0.2, 0) is 0 Å². The van der Waals surface area contributed by atoms with Gasteiger partial charge in [0.1, 0.15) is 22.3 Å². The Hall–Kier alpha value is -8.84. The molecule has 0 radical (unpaired) electrons. The Bertz CT molecular complexity index is 3900. The summed E-state index contributed by atoms with van der Waals surface area (Å²) in [6.07, 6.45) is 0. The highest BCUT2D eigenvalue weighted by Gasteiger charge is 2.23. The monoisotopic (exact) mass is 790 g/mol. The van der Waals surface area contributed by atoms with Crippen molar-refractivity contribution >= 4 is 87.5 Å². The summed E-state index contributed by atoms with van der Waals surface area (Å²) in [5.74, 6) is 0. The Morgan fingerprint density at radius 2 is 0.823 bits per heavy atom. The van der Waals surface area contributed by atoms with Crippen molar-refractivity contribution in [1.82, 2.24) is 9.13 Å². The molecule has 62 heavy (non-hydrogen) atoms. The Morgan fingerprint density at radius 1 is 0.355 bits per heavy atom. The van der Waals surface area contributed by atoms with Crippen LogP contribution in [-0.4, -0.2) is 9.13 Å². The smallest absolute Gasteiger partial charge is 0.145 e. The van der Waals surface area contributed by atoms with Gasteiger partial charge in [-0.1, -0.05) is 97.1 Å². The zero-order valence-electron chi connectivity index (χ0n) is 32.9. The highest BCUT2D eigenvalue weighted by molar-refractivity contribution is 6.25. The fourth-order valence-corrected chi connectivity index (χ4v) is 9.95. The van der Waals surface area contributed by atoms with Gasteiger partial charge in [0.05, 0.1) is 56.1 Å². The van der Waals surface area contributed by atoms with E-state index in [0.717, 1.165) is 116 Å². The van der Waals surface area contributed by atoms with Gasteiger partial charge in [-0.3, -0.25) is 0 Å². The van der Waals surface area contributed by atoms with Gasteiger partial charge in [0, 0.05) is 49.3 Å². The summed E-state index contributed by atoms with van der Waals surface area (Å²) in [4.78, 5) is 0. The summed E-state index contributed by atoms with van der Waals surface area (Å²) in [6, 6.07) is 67.2. The first kappa shape index (κ1) is 34.1. The van der Waals surface area contributed by atoms with E-state index in [9.17, 15) is 10.5 Å². The van der Waals surface area contributed by atoms with E-state index in [-0.39, 0.29) is 0 Å². The number of aromatic nitrogens is 2. The van der Waals surface area contributed by atoms with E-state index >= 15 is 0 Å². The van der Waals surface area contributed by atoms with Crippen LogP contribution >= 0.6 is 0 Å². The molecule has 0 spiro atoms. The minimum Gasteiger partial charge on any atom is -0.455 e. The van der Waals surface area contributed by atoms with Gasteiger partial charge in [-0.2, -0.15) is 10.5 Å². The second-order valence-electron chi connectivity index (χ2n) is 15.8. The summed E-state index contributed by atoms with van der Waals surface area (Å²) in [5.41, 5.74) is 13.8. The lowest BCUT2D eigenvalue weighted by molar-refractivity contribution is 0.672. The first-order valence-corrected chi connectivity index (χ1v) is 20.5. The quantitative estimate of drug-likeness (QED) is 0.178. The van der Waals surface area contributed by atoms with Gasteiger partial charge in [-0.05, 0) is 102 Å². The maximum Gasteiger partial charge on any atom is 0.145 e. The van der Waals surface area contributed by atoms with Gasteiger partial charge in [-0.25, -0.2) is 0 Å². The zero-order valence-corrected chi connectivity index (χ0v) is 32.9. The third-order valence-corrected chi connectivity index (χ3v) is 12.6. The molecule has 286 valence electrons. The topological polar surface area (TPSA) is 83.7 Å². The Labute approximate surface area is 353 Å². The highest BCUT2D eigenvalue weighted by Crippen LogP contribution is 2.44. The van der Waals surface area contributed by atoms with Crippen molar-refractivity contribution in [3.05, 3.63) is 193 Å². The molecule has 0 aliphatic heterocycles. The number of nitriles is 2. The molecule has 0 unspecified atom stereocenters. The van der Waals surface area contributed by atoms with Crippen molar-refractivity contribution in [2.75, 3.05) is 0 Å². The number of rotatable bonds is 4. The molecule has 0 N–H and O–H groups in total. The lowest BCUT2D eigenvalue weighted by Crippen LogP contribution is -2.00. The number of fused-ring (bicyclic) bond motifs is 14. The molecular formula is C56H30N4O2. The van der Waals surface area contributed by atoms with E-state index in [2.05, 4.69) is 149 Å². The molecule has 4 heterocycles. The van der Waals surface area contributed by atoms with Crippen LogP contribution in [0.2, 0.25) is 0 Å². The number of para-hydroxylation sites is 4. The van der Waals surface area contributed by atoms with Crippen molar-refractivity contribution in [2.45, 2.75) is 0 Å². The van der Waals surface area contributed by atoms with Crippen LogP contribution in [0.3, 0.4) is 0 Å². The zero-order chi connectivity index (χ0) is 41.1. The van der Waals surface area contributed by atoms with Gasteiger partial charge in [0.15, 0.2) is 0 Å². The van der Waals surface area contributed by atoms with Crippen LogP contribution in [0.1, 0.15) is 11.1 Å². The summed E-state index contributed by atoms with van der Waals surface area (Å²) in [7, 11) is 0. The predicted molar refractivity (Wildman–Crippen MR) is 250 cm³/mol. The van der Waals surface area contributed by atoms with Gasteiger partial charge >= 0.3 is 0 Å². The third kappa shape index (κ3) is 4.72. The molecule has 0 fully saturated rings. The Kier molecular flexibility index (Phi) is 7.05. The lowest BCUT2D eigenvalue weighted by atomic mass is 9.92. The van der Waals surface area contributed by atoms with E-state index in [1.54, 1.807) is 18.2 Å². The maximum atomic E-state index is 10.2. The Balaban J connectivity index is 1.14. The minimum absolute atomic E-state index is 0.458. The van der Waals surface area contributed by atoms with Crippen molar-refractivity contribution in [3.63, 3.8) is 0 Å². The van der Waals surface area contributed by atoms with Crippen molar-refractivity contribution in [2.24, 2.45) is 0 Å². The number of hydrogen-bond acceptors (Lipinski definition) is 4. The maximum absolute atomic E-state index is 10.2.